The van der Waals surface area contributed by atoms with Crippen LogP contribution in [-0.4, -0.2) is 33.5 Å². The normalized spacial score (nSPS) is 11.8. The molecule has 4 rings (SSSR count). The lowest BCUT2D eigenvalue weighted by Crippen LogP contribution is -2.10. The third-order valence-electron chi connectivity index (χ3n) is 4.52. The maximum atomic E-state index is 4.61. The van der Waals surface area contributed by atoms with Gasteiger partial charge in [-0.05, 0) is 62.0 Å². The van der Waals surface area contributed by atoms with Crippen molar-refractivity contribution >= 4 is 21.9 Å². The molecule has 0 aliphatic rings. The summed E-state index contributed by atoms with van der Waals surface area (Å²) >= 11 is 0. The zero-order valence-electron chi connectivity index (χ0n) is 14.4. The zero-order chi connectivity index (χ0) is 16.7. The molecule has 0 atom stereocenters. The molecule has 4 nitrogen and oxygen atoms in total. The summed E-state index contributed by atoms with van der Waals surface area (Å²) in [6, 6.07) is 13.1. The topological polar surface area (TPSA) is 36.9 Å². The molecular weight excluding hydrogens is 296 g/mol. The van der Waals surface area contributed by atoms with E-state index < -0.39 is 0 Å². The number of hydrogen-bond donors (Lipinski definition) is 1. The molecule has 0 aliphatic carbocycles. The molecule has 4 aromatic rings. The number of H-pyrrole nitrogens is 1. The Bertz CT molecular complexity index is 1010. The number of rotatable bonds is 4. The number of aromatic amines is 1. The maximum absolute atomic E-state index is 4.61. The molecule has 2 aromatic carbocycles. The van der Waals surface area contributed by atoms with Gasteiger partial charge in [-0.15, -0.1) is 0 Å². The van der Waals surface area contributed by atoms with E-state index in [1.807, 2.05) is 6.33 Å². The van der Waals surface area contributed by atoms with E-state index in [0.717, 1.165) is 29.7 Å². The molecule has 0 amide bonds. The third-order valence-corrected chi connectivity index (χ3v) is 4.52. The van der Waals surface area contributed by atoms with Crippen LogP contribution in [0.1, 0.15) is 18.1 Å². The Morgan fingerprint density at radius 3 is 2.79 bits per heavy atom. The summed E-state index contributed by atoms with van der Waals surface area (Å²) in [5.74, 6) is 0. The van der Waals surface area contributed by atoms with Gasteiger partial charge in [0.05, 0.1) is 11.0 Å². The summed E-state index contributed by atoms with van der Waals surface area (Å²) in [4.78, 5) is 10.1. The Morgan fingerprint density at radius 1 is 1.12 bits per heavy atom. The molecule has 122 valence electrons. The predicted molar refractivity (Wildman–Crippen MR) is 99.7 cm³/mol. The van der Waals surface area contributed by atoms with Gasteiger partial charge in [0.2, 0.25) is 0 Å². The van der Waals surface area contributed by atoms with Crippen LogP contribution in [-0.2, 0) is 13.0 Å². The highest BCUT2D eigenvalue weighted by atomic mass is 15.1. The van der Waals surface area contributed by atoms with E-state index in [9.17, 15) is 0 Å². The number of nitrogens with zero attached hydrogens (tertiary/aromatic N) is 3. The lowest BCUT2D eigenvalue weighted by Gasteiger charge is -2.10. The van der Waals surface area contributed by atoms with Crippen molar-refractivity contribution in [2.24, 2.45) is 0 Å². The van der Waals surface area contributed by atoms with Crippen molar-refractivity contribution in [3.8, 4) is 5.69 Å². The van der Waals surface area contributed by atoms with Crippen molar-refractivity contribution in [2.45, 2.75) is 19.9 Å². The molecule has 24 heavy (non-hydrogen) atoms. The minimum absolute atomic E-state index is 0.929. The summed E-state index contributed by atoms with van der Waals surface area (Å²) in [6.07, 6.45) is 5.06. The number of aryl methyl sites for hydroxylation is 1. The number of imidazole rings is 1. The minimum Gasteiger partial charge on any atom is -0.361 e. The van der Waals surface area contributed by atoms with Crippen LogP contribution in [0.2, 0.25) is 0 Å². The molecule has 4 heteroatoms. The molecule has 0 saturated heterocycles. The number of hydrogen-bond acceptors (Lipinski definition) is 2. The van der Waals surface area contributed by atoms with Crippen LogP contribution in [0.5, 0.6) is 0 Å². The summed E-state index contributed by atoms with van der Waals surface area (Å²) < 4.78 is 2.17. The van der Waals surface area contributed by atoms with E-state index in [4.69, 9.17) is 0 Å². The first-order valence-electron chi connectivity index (χ1n) is 8.37. The van der Waals surface area contributed by atoms with Gasteiger partial charge in [-0.3, -0.25) is 4.57 Å². The smallest absolute Gasteiger partial charge is 0.100 e. The summed E-state index contributed by atoms with van der Waals surface area (Å²) in [7, 11) is 4.17. The van der Waals surface area contributed by atoms with Gasteiger partial charge in [0.25, 0.3) is 0 Å². The lowest BCUT2D eigenvalue weighted by atomic mass is 10.1. The Morgan fingerprint density at radius 2 is 2.00 bits per heavy atom. The number of fused-ring (bicyclic) bond motifs is 2. The van der Waals surface area contributed by atoms with Crippen LogP contribution in [0.3, 0.4) is 0 Å². The molecule has 0 fully saturated rings. The van der Waals surface area contributed by atoms with E-state index in [0.29, 0.717) is 0 Å². The predicted octanol–water partition coefficient (Wildman–Crippen LogP) is 4.13. The summed E-state index contributed by atoms with van der Waals surface area (Å²) in [5.41, 5.74) is 7.16. The van der Waals surface area contributed by atoms with Gasteiger partial charge in [0.15, 0.2) is 0 Å². The molecule has 0 bridgehead atoms. The van der Waals surface area contributed by atoms with Crippen LogP contribution < -0.4 is 0 Å². The van der Waals surface area contributed by atoms with Crippen molar-refractivity contribution in [1.82, 2.24) is 19.4 Å². The van der Waals surface area contributed by atoms with E-state index in [1.165, 1.54) is 22.0 Å². The van der Waals surface area contributed by atoms with E-state index >= 15 is 0 Å². The van der Waals surface area contributed by atoms with Gasteiger partial charge < -0.3 is 9.88 Å². The fourth-order valence-electron chi connectivity index (χ4n) is 3.34. The summed E-state index contributed by atoms with van der Waals surface area (Å²) in [6.45, 7) is 3.12. The van der Waals surface area contributed by atoms with Crippen molar-refractivity contribution in [3.05, 3.63) is 60.0 Å². The SMILES string of the molecule is CCc1c[nH]c2ccc(-n3cnc4cc(CN(C)C)ccc43)cc12. The molecule has 0 saturated carbocycles. The van der Waals surface area contributed by atoms with Crippen molar-refractivity contribution in [3.63, 3.8) is 0 Å². The van der Waals surface area contributed by atoms with Crippen LogP contribution in [0.4, 0.5) is 0 Å². The highest BCUT2D eigenvalue weighted by Crippen LogP contribution is 2.25. The molecule has 0 unspecified atom stereocenters. The highest BCUT2D eigenvalue weighted by molar-refractivity contribution is 5.86. The number of benzene rings is 2. The quantitative estimate of drug-likeness (QED) is 0.614. The Labute approximate surface area is 141 Å². The first-order valence-corrected chi connectivity index (χ1v) is 8.37. The maximum Gasteiger partial charge on any atom is 0.100 e. The second kappa shape index (κ2) is 5.80. The molecule has 2 heterocycles. The average Bonchev–Trinajstić information content (AvgIpc) is 3.16. The van der Waals surface area contributed by atoms with Crippen molar-refractivity contribution in [2.75, 3.05) is 14.1 Å². The Kier molecular flexibility index (Phi) is 3.62. The lowest BCUT2D eigenvalue weighted by molar-refractivity contribution is 0.402. The largest absolute Gasteiger partial charge is 0.361 e. The molecule has 0 radical (unpaired) electrons. The van der Waals surface area contributed by atoms with Crippen LogP contribution in [0.15, 0.2) is 48.9 Å². The first kappa shape index (κ1) is 15.0. The highest BCUT2D eigenvalue weighted by Gasteiger charge is 2.08. The van der Waals surface area contributed by atoms with Gasteiger partial charge >= 0.3 is 0 Å². The van der Waals surface area contributed by atoms with Gasteiger partial charge in [-0.2, -0.15) is 0 Å². The Balaban J connectivity index is 1.81. The van der Waals surface area contributed by atoms with Crippen LogP contribution in [0, 0.1) is 0 Å². The molecule has 0 spiro atoms. The van der Waals surface area contributed by atoms with Crippen molar-refractivity contribution in [1.29, 1.82) is 0 Å². The standard InChI is InChI=1S/C20H22N4/c1-4-15-11-21-18-7-6-16(10-17(15)18)24-13-22-19-9-14(12-23(2)3)5-8-20(19)24/h5-11,13,21H,4,12H2,1-3H3. The molecular formula is C20H22N4. The van der Waals surface area contributed by atoms with E-state index in [-0.39, 0.29) is 0 Å². The molecule has 0 aliphatic heterocycles. The van der Waals surface area contributed by atoms with Gasteiger partial charge in [-0.1, -0.05) is 13.0 Å². The van der Waals surface area contributed by atoms with Crippen LogP contribution in [0.25, 0.3) is 27.6 Å². The fourth-order valence-corrected chi connectivity index (χ4v) is 3.34. The molecule has 1 N–H and O–H groups in total. The Hall–Kier alpha value is -2.59. The fraction of sp³-hybridized carbons (Fsp3) is 0.250. The van der Waals surface area contributed by atoms with E-state index in [2.05, 4.69) is 83.0 Å². The average molecular weight is 318 g/mol. The monoisotopic (exact) mass is 318 g/mol. The zero-order valence-corrected chi connectivity index (χ0v) is 14.4. The minimum atomic E-state index is 0.929. The third kappa shape index (κ3) is 2.49. The number of aromatic nitrogens is 3. The van der Waals surface area contributed by atoms with Crippen molar-refractivity contribution < 1.29 is 0 Å². The second-order valence-electron chi connectivity index (χ2n) is 6.57. The summed E-state index contributed by atoms with van der Waals surface area (Å²) in [5, 5.41) is 1.29. The number of nitrogens with one attached hydrogen (secondary N) is 1. The molecule has 2 aromatic heterocycles. The van der Waals surface area contributed by atoms with E-state index in [1.54, 1.807) is 0 Å². The second-order valence-corrected chi connectivity index (χ2v) is 6.57. The first-order chi connectivity index (χ1) is 11.7. The van der Waals surface area contributed by atoms with Crippen LogP contribution >= 0.6 is 0 Å². The van der Waals surface area contributed by atoms with Gasteiger partial charge in [0, 0.05) is 29.3 Å². The van der Waals surface area contributed by atoms with Gasteiger partial charge in [0.1, 0.15) is 6.33 Å². The van der Waals surface area contributed by atoms with Gasteiger partial charge in [-0.25, -0.2) is 4.98 Å².